The number of nitro groups is 1. The number of methoxy groups -OCH3 is 1. The molecule has 0 heterocycles. The van der Waals surface area contributed by atoms with E-state index in [-0.39, 0.29) is 17.5 Å². The van der Waals surface area contributed by atoms with Crippen LogP contribution in [-0.2, 0) is 9.59 Å². The third-order valence-corrected chi connectivity index (χ3v) is 3.76. The van der Waals surface area contributed by atoms with Crippen LogP contribution in [0, 0.1) is 16.0 Å². The smallest absolute Gasteiger partial charge is 0.270 e. The van der Waals surface area contributed by atoms with Crippen LogP contribution < -0.4 is 15.4 Å². The number of hydrogen-bond donors (Lipinski definition) is 2. The zero-order chi connectivity index (χ0) is 20.7. The van der Waals surface area contributed by atoms with Crippen LogP contribution in [0.1, 0.15) is 19.4 Å². The van der Waals surface area contributed by atoms with Gasteiger partial charge < -0.3 is 15.4 Å². The number of nitro benzene ring substituents is 1. The first kappa shape index (κ1) is 20.6. The molecular weight excluding hydrogens is 362 g/mol. The Kier molecular flexibility index (Phi) is 6.86. The SMILES string of the molecule is COc1cc(NC(=O)/C=C/c2cccc([N+](=O)[O-])c2)ccc1NC(=O)C(C)C. The highest BCUT2D eigenvalue weighted by molar-refractivity contribution is 6.02. The summed E-state index contributed by atoms with van der Waals surface area (Å²) in [6.07, 6.45) is 2.76. The van der Waals surface area contributed by atoms with Crippen molar-refractivity contribution in [2.75, 3.05) is 17.7 Å². The lowest BCUT2D eigenvalue weighted by atomic mass is 10.2. The molecule has 0 radical (unpaired) electrons. The fourth-order valence-corrected chi connectivity index (χ4v) is 2.25. The second-order valence-electron chi connectivity index (χ2n) is 6.23. The Morgan fingerprint density at radius 3 is 2.54 bits per heavy atom. The van der Waals surface area contributed by atoms with Crippen LogP contribution in [0.4, 0.5) is 17.1 Å². The maximum absolute atomic E-state index is 12.1. The number of carbonyl (C=O) groups is 2. The zero-order valence-corrected chi connectivity index (χ0v) is 15.8. The summed E-state index contributed by atoms with van der Waals surface area (Å²) in [4.78, 5) is 34.2. The van der Waals surface area contributed by atoms with E-state index in [0.717, 1.165) is 0 Å². The van der Waals surface area contributed by atoms with Gasteiger partial charge >= 0.3 is 0 Å². The zero-order valence-electron chi connectivity index (χ0n) is 15.8. The van der Waals surface area contributed by atoms with Crippen molar-refractivity contribution < 1.29 is 19.2 Å². The Hall–Kier alpha value is -3.68. The van der Waals surface area contributed by atoms with Crippen LogP contribution in [0.2, 0.25) is 0 Å². The average molecular weight is 383 g/mol. The molecule has 0 unspecified atom stereocenters. The van der Waals surface area contributed by atoms with Crippen molar-refractivity contribution in [3.05, 3.63) is 64.2 Å². The van der Waals surface area contributed by atoms with Gasteiger partial charge in [-0.2, -0.15) is 0 Å². The fourth-order valence-electron chi connectivity index (χ4n) is 2.25. The van der Waals surface area contributed by atoms with E-state index in [2.05, 4.69) is 10.6 Å². The van der Waals surface area contributed by atoms with Crippen molar-refractivity contribution in [2.24, 2.45) is 5.92 Å². The first-order valence-corrected chi connectivity index (χ1v) is 8.52. The summed E-state index contributed by atoms with van der Waals surface area (Å²) in [5, 5.41) is 16.2. The molecule has 0 atom stereocenters. The van der Waals surface area contributed by atoms with Gasteiger partial charge in [-0.3, -0.25) is 19.7 Å². The van der Waals surface area contributed by atoms with E-state index in [4.69, 9.17) is 4.74 Å². The molecule has 8 heteroatoms. The lowest BCUT2D eigenvalue weighted by Gasteiger charge is -2.13. The number of nitrogens with one attached hydrogen (secondary N) is 2. The number of benzene rings is 2. The topological polar surface area (TPSA) is 111 Å². The van der Waals surface area contributed by atoms with E-state index in [1.807, 2.05) is 0 Å². The van der Waals surface area contributed by atoms with Gasteiger partial charge in [0.2, 0.25) is 11.8 Å². The molecule has 0 saturated carbocycles. The van der Waals surface area contributed by atoms with E-state index in [1.165, 1.54) is 31.4 Å². The molecule has 28 heavy (non-hydrogen) atoms. The molecule has 146 valence electrons. The highest BCUT2D eigenvalue weighted by Crippen LogP contribution is 2.28. The van der Waals surface area contributed by atoms with Crippen LogP contribution in [0.15, 0.2) is 48.5 Å². The first-order chi connectivity index (χ1) is 13.3. The number of anilines is 2. The number of nitrogens with zero attached hydrogens (tertiary/aromatic N) is 1. The van der Waals surface area contributed by atoms with Gasteiger partial charge in [0.15, 0.2) is 0 Å². The fraction of sp³-hybridized carbons (Fsp3) is 0.200. The summed E-state index contributed by atoms with van der Waals surface area (Å²) in [6.45, 7) is 3.56. The van der Waals surface area contributed by atoms with Gasteiger partial charge in [0.05, 0.1) is 17.7 Å². The quantitative estimate of drug-likeness (QED) is 0.429. The van der Waals surface area contributed by atoms with Crippen LogP contribution in [0.25, 0.3) is 6.08 Å². The Morgan fingerprint density at radius 2 is 1.89 bits per heavy atom. The normalized spacial score (nSPS) is 10.7. The minimum Gasteiger partial charge on any atom is -0.494 e. The molecule has 0 fully saturated rings. The monoisotopic (exact) mass is 383 g/mol. The molecule has 2 rings (SSSR count). The molecule has 8 nitrogen and oxygen atoms in total. The highest BCUT2D eigenvalue weighted by Gasteiger charge is 2.12. The van der Waals surface area contributed by atoms with Crippen LogP contribution >= 0.6 is 0 Å². The van der Waals surface area contributed by atoms with Crippen molar-refractivity contribution in [1.82, 2.24) is 0 Å². The van der Waals surface area contributed by atoms with Gasteiger partial charge in [-0.05, 0) is 23.8 Å². The molecule has 0 aliphatic rings. The van der Waals surface area contributed by atoms with Gasteiger partial charge in [0, 0.05) is 35.9 Å². The summed E-state index contributed by atoms with van der Waals surface area (Å²) in [6, 6.07) is 10.8. The summed E-state index contributed by atoms with van der Waals surface area (Å²) in [7, 11) is 1.47. The van der Waals surface area contributed by atoms with E-state index in [1.54, 1.807) is 44.2 Å². The Morgan fingerprint density at radius 1 is 1.14 bits per heavy atom. The molecule has 2 aromatic carbocycles. The largest absolute Gasteiger partial charge is 0.494 e. The maximum atomic E-state index is 12.1. The lowest BCUT2D eigenvalue weighted by molar-refractivity contribution is -0.384. The summed E-state index contributed by atoms with van der Waals surface area (Å²) in [5.41, 5.74) is 1.47. The van der Waals surface area contributed by atoms with E-state index >= 15 is 0 Å². The molecule has 0 spiro atoms. The van der Waals surface area contributed by atoms with Gasteiger partial charge in [-0.1, -0.05) is 26.0 Å². The molecular formula is C20H21N3O5. The minimum atomic E-state index is -0.497. The summed E-state index contributed by atoms with van der Waals surface area (Å²) in [5.74, 6) is -0.319. The second-order valence-corrected chi connectivity index (χ2v) is 6.23. The number of amides is 2. The second kappa shape index (κ2) is 9.31. The van der Waals surface area contributed by atoms with Crippen LogP contribution in [-0.4, -0.2) is 23.8 Å². The third-order valence-electron chi connectivity index (χ3n) is 3.76. The molecule has 2 amide bonds. The molecule has 0 aromatic heterocycles. The van der Waals surface area contributed by atoms with Crippen molar-refractivity contribution >= 4 is 35.0 Å². The maximum Gasteiger partial charge on any atom is 0.270 e. The molecule has 2 N–H and O–H groups in total. The minimum absolute atomic E-state index is 0.0497. The van der Waals surface area contributed by atoms with Crippen LogP contribution in [0.5, 0.6) is 5.75 Å². The van der Waals surface area contributed by atoms with Crippen molar-refractivity contribution in [1.29, 1.82) is 0 Å². The number of ether oxygens (including phenoxy) is 1. The lowest BCUT2D eigenvalue weighted by Crippen LogP contribution is -2.18. The molecule has 2 aromatic rings. The van der Waals surface area contributed by atoms with Gasteiger partial charge in [-0.25, -0.2) is 0 Å². The number of carbonyl (C=O) groups excluding carboxylic acids is 2. The number of hydrogen-bond acceptors (Lipinski definition) is 5. The summed E-state index contributed by atoms with van der Waals surface area (Å²) < 4.78 is 5.27. The van der Waals surface area contributed by atoms with E-state index < -0.39 is 10.8 Å². The Balaban J connectivity index is 2.08. The van der Waals surface area contributed by atoms with E-state index in [9.17, 15) is 19.7 Å². The predicted molar refractivity (Wildman–Crippen MR) is 107 cm³/mol. The number of rotatable bonds is 7. The first-order valence-electron chi connectivity index (χ1n) is 8.52. The molecule has 0 aliphatic carbocycles. The molecule has 0 bridgehead atoms. The Labute approximate surface area is 162 Å². The Bertz CT molecular complexity index is 922. The predicted octanol–water partition coefficient (Wildman–Crippen LogP) is 3.85. The third kappa shape index (κ3) is 5.66. The van der Waals surface area contributed by atoms with Gasteiger partial charge in [0.1, 0.15) is 5.75 Å². The van der Waals surface area contributed by atoms with Crippen molar-refractivity contribution in [3.8, 4) is 5.75 Å². The number of non-ortho nitro benzene ring substituents is 1. The average Bonchev–Trinajstić information content (AvgIpc) is 2.67. The van der Waals surface area contributed by atoms with Crippen molar-refractivity contribution in [3.63, 3.8) is 0 Å². The highest BCUT2D eigenvalue weighted by atomic mass is 16.6. The van der Waals surface area contributed by atoms with Gasteiger partial charge in [0.25, 0.3) is 5.69 Å². The van der Waals surface area contributed by atoms with Crippen molar-refractivity contribution in [2.45, 2.75) is 13.8 Å². The van der Waals surface area contributed by atoms with E-state index in [0.29, 0.717) is 22.7 Å². The standard InChI is InChI=1S/C20H21N3O5/c1-13(2)20(25)22-17-9-8-15(12-18(17)28-3)21-19(24)10-7-14-5-4-6-16(11-14)23(26)27/h4-13H,1-3H3,(H,21,24)(H,22,25)/b10-7+. The molecule has 0 saturated heterocycles. The van der Waals surface area contributed by atoms with Crippen LogP contribution in [0.3, 0.4) is 0 Å². The van der Waals surface area contributed by atoms with Gasteiger partial charge in [-0.15, -0.1) is 0 Å². The molecule has 0 aliphatic heterocycles. The summed E-state index contributed by atoms with van der Waals surface area (Å²) >= 11 is 0.